The maximum absolute atomic E-state index is 12.8. The SMILES string of the molecule is Nc1cccc(NC(=O)c2cc(F)nc(F)c2)c1. The second kappa shape index (κ2) is 4.79. The van der Waals surface area contributed by atoms with Gasteiger partial charge in [0, 0.05) is 29.1 Å². The first-order chi connectivity index (χ1) is 8.54. The highest BCUT2D eigenvalue weighted by Crippen LogP contribution is 2.13. The molecule has 2 rings (SSSR count). The number of nitrogens with zero attached hydrogens (tertiary/aromatic N) is 1. The van der Waals surface area contributed by atoms with Crippen molar-refractivity contribution in [2.45, 2.75) is 0 Å². The van der Waals surface area contributed by atoms with Gasteiger partial charge in [-0.15, -0.1) is 0 Å². The lowest BCUT2D eigenvalue weighted by atomic mass is 10.2. The minimum Gasteiger partial charge on any atom is -0.399 e. The van der Waals surface area contributed by atoms with Crippen LogP contribution in [0.1, 0.15) is 10.4 Å². The van der Waals surface area contributed by atoms with Gasteiger partial charge >= 0.3 is 0 Å². The van der Waals surface area contributed by atoms with Crippen molar-refractivity contribution in [2.75, 3.05) is 11.1 Å². The van der Waals surface area contributed by atoms with Gasteiger partial charge in [0.15, 0.2) is 0 Å². The summed E-state index contributed by atoms with van der Waals surface area (Å²) in [5.41, 5.74) is 6.30. The van der Waals surface area contributed by atoms with Crippen LogP contribution < -0.4 is 11.1 Å². The lowest BCUT2D eigenvalue weighted by Gasteiger charge is -2.05. The summed E-state index contributed by atoms with van der Waals surface area (Å²) in [4.78, 5) is 14.6. The molecule has 1 amide bonds. The molecule has 0 aliphatic heterocycles. The number of nitrogens with one attached hydrogen (secondary N) is 1. The zero-order valence-corrected chi connectivity index (χ0v) is 9.15. The van der Waals surface area contributed by atoms with Gasteiger partial charge in [-0.2, -0.15) is 13.8 Å². The molecule has 0 unspecified atom stereocenters. The van der Waals surface area contributed by atoms with Crippen molar-refractivity contribution >= 4 is 17.3 Å². The zero-order chi connectivity index (χ0) is 13.1. The van der Waals surface area contributed by atoms with Crippen LogP contribution in [0.15, 0.2) is 36.4 Å². The number of hydrogen-bond acceptors (Lipinski definition) is 3. The number of amides is 1. The number of nitrogen functional groups attached to an aromatic ring is 1. The van der Waals surface area contributed by atoms with Crippen LogP contribution >= 0.6 is 0 Å². The summed E-state index contributed by atoms with van der Waals surface area (Å²) < 4.78 is 25.7. The first kappa shape index (κ1) is 12.0. The quantitative estimate of drug-likeness (QED) is 0.633. The Hall–Kier alpha value is -2.50. The highest BCUT2D eigenvalue weighted by Gasteiger charge is 2.10. The Morgan fingerprint density at radius 1 is 1.17 bits per heavy atom. The zero-order valence-electron chi connectivity index (χ0n) is 9.15. The summed E-state index contributed by atoms with van der Waals surface area (Å²) in [5, 5.41) is 2.47. The number of hydrogen-bond donors (Lipinski definition) is 2. The van der Waals surface area contributed by atoms with Crippen LogP contribution in [0.25, 0.3) is 0 Å². The van der Waals surface area contributed by atoms with Crippen molar-refractivity contribution in [3.8, 4) is 0 Å². The number of carbonyl (C=O) groups excluding carboxylic acids is 1. The van der Waals surface area contributed by atoms with Gasteiger partial charge < -0.3 is 11.1 Å². The van der Waals surface area contributed by atoms with Gasteiger partial charge in [0.05, 0.1) is 0 Å². The van der Waals surface area contributed by atoms with Crippen LogP contribution in [0.5, 0.6) is 0 Å². The monoisotopic (exact) mass is 249 g/mol. The summed E-state index contributed by atoms with van der Waals surface area (Å²) in [5.74, 6) is -2.73. The first-order valence-electron chi connectivity index (χ1n) is 5.04. The van der Waals surface area contributed by atoms with E-state index in [1.165, 1.54) is 6.07 Å². The fourth-order valence-electron chi connectivity index (χ4n) is 1.42. The largest absolute Gasteiger partial charge is 0.399 e. The number of halogens is 2. The van der Waals surface area contributed by atoms with Gasteiger partial charge in [-0.05, 0) is 18.2 Å². The number of aromatic nitrogens is 1. The van der Waals surface area contributed by atoms with E-state index in [9.17, 15) is 13.6 Å². The Labute approximate surface area is 101 Å². The molecule has 92 valence electrons. The third-order valence-electron chi connectivity index (χ3n) is 2.17. The van der Waals surface area contributed by atoms with Gasteiger partial charge in [0.25, 0.3) is 5.91 Å². The van der Waals surface area contributed by atoms with E-state index >= 15 is 0 Å². The van der Waals surface area contributed by atoms with Crippen molar-refractivity contribution in [1.29, 1.82) is 0 Å². The Bertz CT molecular complexity index is 581. The van der Waals surface area contributed by atoms with Gasteiger partial charge in [-0.1, -0.05) is 6.07 Å². The fraction of sp³-hybridized carbons (Fsp3) is 0. The second-order valence-corrected chi connectivity index (χ2v) is 3.58. The molecule has 0 bridgehead atoms. The van der Waals surface area contributed by atoms with E-state index in [4.69, 9.17) is 5.73 Å². The summed E-state index contributed by atoms with van der Waals surface area (Å²) in [7, 11) is 0. The van der Waals surface area contributed by atoms with Crippen LogP contribution in [0.4, 0.5) is 20.2 Å². The Kier molecular flexibility index (Phi) is 3.18. The molecule has 0 atom stereocenters. The molecule has 1 aromatic carbocycles. The van der Waals surface area contributed by atoms with Gasteiger partial charge in [0.2, 0.25) is 11.9 Å². The molecule has 1 heterocycles. The standard InChI is InChI=1S/C12H9F2N3O/c13-10-4-7(5-11(14)17-10)12(18)16-9-3-1-2-8(15)6-9/h1-6H,15H2,(H,16,18). The molecule has 0 spiro atoms. The van der Waals surface area contributed by atoms with E-state index in [-0.39, 0.29) is 5.56 Å². The average molecular weight is 249 g/mol. The second-order valence-electron chi connectivity index (χ2n) is 3.58. The van der Waals surface area contributed by atoms with Crippen LogP contribution in [0, 0.1) is 11.9 Å². The molecule has 2 aromatic rings. The molecule has 1 aromatic heterocycles. The Morgan fingerprint density at radius 2 is 1.83 bits per heavy atom. The summed E-state index contributed by atoms with van der Waals surface area (Å²) in [6, 6.07) is 8.16. The number of anilines is 2. The Morgan fingerprint density at radius 3 is 2.44 bits per heavy atom. The molecule has 18 heavy (non-hydrogen) atoms. The first-order valence-corrected chi connectivity index (χ1v) is 5.04. The number of pyridine rings is 1. The molecule has 6 heteroatoms. The summed E-state index contributed by atoms with van der Waals surface area (Å²) in [6.45, 7) is 0. The average Bonchev–Trinajstić information content (AvgIpc) is 2.27. The van der Waals surface area contributed by atoms with Crippen molar-refractivity contribution in [3.05, 3.63) is 53.9 Å². The van der Waals surface area contributed by atoms with Crippen LogP contribution in [-0.2, 0) is 0 Å². The summed E-state index contributed by atoms with van der Waals surface area (Å²) in [6.07, 6.45) is 0. The van der Waals surface area contributed by atoms with E-state index in [0.717, 1.165) is 12.1 Å². The minimum absolute atomic E-state index is 0.151. The maximum atomic E-state index is 12.8. The maximum Gasteiger partial charge on any atom is 0.255 e. The Balaban J connectivity index is 2.22. The smallest absolute Gasteiger partial charge is 0.255 e. The third kappa shape index (κ3) is 2.79. The number of nitrogens with two attached hydrogens (primary N) is 1. The lowest BCUT2D eigenvalue weighted by molar-refractivity contribution is 0.102. The predicted octanol–water partition coefficient (Wildman–Crippen LogP) is 2.19. The predicted molar refractivity (Wildman–Crippen MR) is 63.0 cm³/mol. The van der Waals surface area contributed by atoms with Crippen LogP contribution in [-0.4, -0.2) is 10.9 Å². The number of benzene rings is 1. The van der Waals surface area contributed by atoms with E-state index in [1.807, 2.05) is 0 Å². The van der Waals surface area contributed by atoms with Crippen molar-refractivity contribution in [3.63, 3.8) is 0 Å². The molecule has 0 saturated heterocycles. The van der Waals surface area contributed by atoms with Crippen molar-refractivity contribution in [2.24, 2.45) is 0 Å². The molecule has 0 saturated carbocycles. The molecule has 0 aliphatic carbocycles. The highest BCUT2D eigenvalue weighted by atomic mass is 19.1. The van der Waals surface area contributed by atoms with E-state index < -0.39 is 17.8 Å². The van der Waals surface area contributed by atoms with E-state index in [1.54, 1.807) is 18.2 Å². The van der Waals surface area contributed by atoms with Gasteiger partial charge in [-0.3, -0.25) is 4.79 Å². The number of rotatable bonds is 2. The molecular weight excluding hydrogens is 240 g/mol. The molecule has 4 nitrogen and oxygen atoms in total. The lowest BCUT2D eigenvalue weighted by Crippen LogP contribution is -2.13. The topological polar surface area (TPSA) is 68.0 Å². The highest BCUT2D eigenvalue weighted by molar-refractivity contribution is 6.04. The van der Waals surface area contributed by atoms with E-state index in [0.29, 0.717) is 11.4 Å². The van der Waals surface area contributed by atoms with Gasteiger partial charge in [-0.25, -0.2) is 0 Å². The molecule has 0 aliphatic rings. The molecule has 0 fully saturated rings. The van der Waals surface area contributed by atoms with Gasteiger partial charge in [0.1, 0.15) is 0 Å². The third-order valence-corrected chi connectivity index (χ3v) is 2.17. The van der Waals surface area contributed by atoms with Crippen LogP contribution in [0.2, 0.25) is 0 Å². The van der Waals surface area contributed by atoms with E-state index in [2.05, 4.69) is 10.3 Å². The molecule has 0 radical (unpaired) electrons. The fourth-order valence-corrected chi connectivity index (χ4v) is 1.42. The minimum atomic E-state index is -1.05. The van der Waals surface area contributed by atoms with Crippen LogP contribution in [0.3, 0.4) is 0 Å². The molecular formula is C12H9F2N3O. The van der Waals surface area contributed by atoms with Crippen molar-refractivity contribution < 1.29 is 13.6 Å². The summed E-state index contributed by atoms with van der Waals surface area (Å²) >= 11 is 0. The molecule has 3 N–H and O–H groups in total. The number of carbonyl (C=O) groups is 1. The van der Waals surface area contributed by atoms with Crippen molar-refractivity contribution in [1.82, 2.24) is 4.98 Å². The normalized spacial score (nSPS) is 10.1.